The number of fused-ring (bicyclic) bond motifs is 1. The maximum atomic E-state index is 9.92. The zero-order valence-electron chi connectivity index (χ0n) is 10.1. The van der Waals surface area contributed by atoms with Crippen LogP contribution in [0.25, 0.3) is 0 Å². The molecule has 0 bridgehead atoms. The van der Waals surface area contributed by atoms with Gasteiger partial charge in [-0.2, -0.15) is 0 Å². The Morgan fingerprint density at radius 1 is 1.35 bits per heavy atom. The van der Waals surface area contributed by atoms with E-state index in [2.05, 4.69) is 11.8 Å². The monoisotopic (exact) mass is 251 g/mol. The Bertz CT molecular complexity index is 446. The number of halogens is 1. The highest BCUT2D eigenvalue weighted by molar-refractivity contribution is 6.30. The first-order valence-corrected chi connectivity index (χ1v) is 6.75. The largest absolute Gasteiger partial charge is 0.508 e. The van der Waals surface area contributed by atoms with Crippen molar-refractivity contribution in [2.45, 2.75) is 32.2 Å². The molecule has 2 atom stereocenters. The van der Waals surface area contributed by atoms with Crippen LogP contribution in [0.4, 0.5) is 0 Å². The Morgan fingerprint density at radius 2 is 2.18 bits per heavy atom. The summed E-state index contributed by atoms with van der Waals surface area (Å²) >= 11 is 5.99. The van der Waals surface area contributed by atoms with Gasteiger partial charge in [0.2, 0.25) is 0 Å². The number of hydrogen-bond acceptors (Lipinski definition) is 2. The molecule has 1 aliphatic carbocycles. The van der Waals surface area contributed by atoms with Gasteiger partial charge in [-0.15, -0.1) is 0 Å². The predicted molar refractivity (Wildman–Crippen MR) is 69.7 cm³/mol. The van der Waals surface area contributed by atoms with Crippen molar-refractivity contribution < 1.29 is 5.11 Å². The molecule has 1 saturated heterocycles. The van der Waals surface area contributed by atoms with Crippen LogP contribution in [-0.4, -0.2) is 29.1 Å². The van der Waals surface area contributed by atoms with E-state index in [1.165, 1.54) is 25.1 Å². The lowest BCUT2D eigenvalue weighted by molar-refractivity contribution is 0.242. The fraction of sp³-hybridized carbons (Fsp3) is 0.571. The molecular formula is C14H18ClNO. The van der Waals surface area contributed by atoms with E-state index in [0.717, 1.165) is 24.3 Å². The molecule has 1 aromatic rings. The summed E-state index contributed by atoms with van der Waals surface area (Å²) in [5.41, 5.74) is 2.35. The van der Waals surface area contributed by atoms with Crippen LogP contribution >= 0.6 is 11.6 Å². The molecule has 1 aromatic carbocycles. The van der Waals surface area contributed by atoms with E-state index in [0.29, 0.717) is 16.8 Å². The number of phenols is 1. The predicted octanol–water partition coefficient (Wildman–Crippen LogP) is 2.85. The highest BCUT2D eigenvalue weighted by atomic mass is 35.5. The Labute approximate surface area is 107 Å². The average molecular weight is 252 g/mol. The normalized spacial score (nSPS) is 28.6. The van der Waals surface area contributed by atoms with Crippen molar-refractivity contribution in [3.05, 3.63) is 28.3 Å². The second-order valence-electron chi connectivity index (χ2n) is 5.51. The number of nitrogens with zero attached hydrogens (tertiary/aromatic N) is 1. The molecule has 0 amide bonds. The van der Waals surface area contributed by atoms with Crippen LogP contribution in [0.3, 0.4) is 0 Å². The lowest BCUT2D eigenvalue weighted by Gasteiger charge is -2.23. The van der Waals surface area contributed by atoms with E-state index in [4.69, 9.17) is 11.6 Å². The average Bonchev–Trinajstić information content (AvgIpc) is 2.83. The quantitative estimate of drug-likeness (QED) is 0.830. The Morgan fingerprint density at radius 3 is 2.88 bits per heavy atom. The zero-order valence-corrected chi connectivity index (χ0v) is 10.9. The van der Waals surface area contributed by atoms with E-state index in [1.54, 1.807) is 6.07 Å². The molecule has 0 aromatic heterocycles. The van der Waals surface area contributed by atoms with Crippen molar-refractivity contribution in [2.24, 2.45) is 5.92 Å². The summed E-state index contributed by atoms with van der Waals surface area (Å²) in [4.78, 5) is 2.57. The number of benzene rings is 1. The van der Waals surface area contributed by atoms with Gasteiger partial charge in [0.15, 0.2) is 0 Å². The molecule has 2 aliphatic rings. The molecule has 1 fully saturated rings. The van der Waals surface area contributed by atoms with Crippen molar-refractivity contribution >= 4 is 11.6 Å². The van der Waals surface area contributed by atoms with Gasteiger partial charge in [0.05, 0.1) is 0 Å². The fourth-order valence-corrected chi connectivity index (χ4v) is 3.45. The summed E-state index contributed by atoms with van der Waals surface area (Å²) in [6.45, 7) is 4.72. The molecule has 1 aliphatic heterocycles. The number of aromatic hydroxyl groups is 1. The van der Waals surface area contributed by atoms with Crippen LogP contribution in [0, 0.1) is 5.92 Å². The first kappa shape index (κ1) is 11.4. The van der Waals surface area contributed by atoms with Gasteiger partial charge in [0.25, 0.3) is 0 Å². The molecule has 3 rings (SSSR count). The molecule has 3 heteroatoms. The summed E-state index contributed by atoms with van der Waals surface area (Å²) in [5.74, 6) is 1.19. The van der Waals surface area contributed by atoms with Crippen LogP contribution in [0.5, 0.6) is 5.75 Å². The molecule has 0 spiro atoms. The Kier molecular flexibility index (Phi) is 2.80. The standard InChI is InChI=1S/C14H18ClNO/c1-9-2-3-16(8-9)12-5-10-4-11(15)6-14(17)13(10)7-12/h4,6,9,12,17H,2-3,5,7-8H2,1H3. The van der Waals surface area contributed by atoms with Crippen LogP contribution in [0.1, 0.15) is 24.5 Å². The van der Waals surface area contributed by atoms with Gasteiger partial charge in [-0.25, -0.2) is 0 Å². The lowest BCUT2D eigenvalue weighted by atomic mass is 10.1. The number of likely N-dealkylation sites (tertiary alicyclic amines) is 1. The molecule has 0 saturated carbocycles. The van der Waals surface area contributed by atoms with Crippen molar-refractivity contribution in [1.82, 2.24) is 4.90 Å². The first-order chi connectivity index (χ1) is 8.13. The summed E-state index contributed by atoms with van der Waals surface area (Å²) in [7, 11) is 0. The molecule has 92 valence electrons. The minimum absolute atomic E-state index is 0.377. The highest BCUT2D eigenvalue weighted by Crippen LogP contribution is 2.36. The topological polar surface area (TPSA) is 23.5 Å². The Hall–Kier alpha value is -0.730. The molecule has 2 unspecified atom stereocenters. The molecule has 0 radical (unpaired) electrons. The maximum Gasteiger partial charge on any atom is 0.120 e. The maximum absolute atomic E-state index is 9.92. The Balaban J connectivity index is 1.81. The third kappa shape index (κ3) is 2.04. The lowest BCUT2D eigenvalue weighted by Crippen LogP contribution is -2.33. The number of phenolic OH excluding ortho intramolecular Hbond substituents is 1. The van der Waals surface area contributed by atoms with Crippen molar-refractivity contribution in [1.29, 1.82) is 0 Å². The summed E-state index contributed by atoms with van der Waals surface area (Å²) in [6, 6.07) is 4.24. The number of rotatable bonds is 1. The van der Waals surface area contributed by atoms with E-state index >= 15 is 0 Å². The second kappa shape index (κ2) is 4.18. The summed E-state index contributed by atoms with van der Waals surface area (Å²) in [6.07, 6.45) is 3.32. The van der Waals surface area contributed by atoms with Gasteiger partial charge in [-0.1, -0.05) is 18.5 Å². The van der Waals surface area contributed by atoms with Crippen molar-refractivity contribution in [3.8, 4) is 5.75 Å². The van der Waals surface area contributed by atoms with Gasteiger partial charge in [0.1, 0.15) is 5.75 Å². The minimum atomic E-state index is 0.377. The molecule has 1 heterocycles. The van der Waals surface area contributed by atoms with E-state index in [1.807, 2.05) is 6.07 Å². The highest BCUT2D eigenvalue weighted by Gasteiger charge is 2.32. The van der Waals surface area contributed by atoms with Gasteiger partial charge in [-0.05, 0) is 55.0 Å². The van der Waals surface area contributed by atoms with Crippen LogP contribution in [-0.2, 0) is 12.8 Å². The molecule has 1 N–H and O–H groups in total. The van der Waals surface area contributed by atoms with Gasteiger partial charge >= 0.3 is 0 Å². The van der Waals surface area contributed by atoms with Gasteiger partial charge in [-0.3, -0.25) is 4.90 Å². The molecule has 17 heavy (non-hydrogen) atoms. The minimum Gasteiger partial charge on any atom is -0.508 e. The third-order valence-corrected chi connectivity index (χ3v) is 4.37. The van der Waals surface area contributed by atoms with Gasteiger partial charge in [0, 0.05) is 17.6 Å². The zero-order chi connectivity index (χ0) is 12.0. The van der Waals surface area contributed by atoms with Crippen molar-refractivity contribution in [3.63, 3.8) is 0 Å². The summed E-state index contributed by atoms with van der Waals surface area (Å²) < 4.78 is 0. The SMILES string of the molecule is CC1CCN(C2Cc3cc(Cl)cc(O)c3C2)C1. The van der Waals surface area contributed by atoms with Crippen LogP contribution < -0.4 is 0 Å². The summed E-state index contributed by atoms with van der Waals surface area (Å²) in [5, 5.41) is 10.6. The second-order valence-corrected chi connectivity index (χ2v) is 5.95. The van der Waals surface area contributed by atoms with E-state index in [9.17, 15) is 5.11 Å². The number of hydrogen-bond donors (Lipinski definition) is 1. The van der Waals surface area contributed by atoms with Crippen molar-refractivity contribution in [2.75, 3.05) is 13.1 Å². The van der Waals surface area contributed by atoms with Gasteiger partial charge < -0.3 is 5.11 Å². The van der Waals surface area contributed by atoms with E-state index < -0.39 is 0 Å². The third-order valence-electron chi connectivity index (χ3n) is 4.15. The first-order valence-electron chi connectivity index (χ1n) is 6.38. The van der Waals surface area contributed by atoms with Crippen LogP contribution in [0.2, 0.25) is 5.02 Å². The smallest absolute Gasteiger partial charge is 0.120 e. The van der Waals surface area contributed by atoms with E-state index in [-0.39, 0.29) is 0 Å². The fourth-order valence-electron chi connectivity index (χ4n) is 3.22. The van der Waals surface area contributed by atoms with Crippen LogP contribution in [0.15, 0.2) is 12.1 Å². The molecular weight excluding hydrogens is 234 g/mol. The molecule has 2 nitrogen and oxygen atoms in total.